The predicted molar refractivity (Wildman–Crippen MR) is 59.7 cm³/mol. The largest absolute Gasteiger partial charge is 0.487 e. The number of nitrogens with zero attached hydrogens (tertiary/aromatic N) is 1. The zero-order valence-electron chi connectivity index (χ0n) is 9.67. The van der Waals surface area contributed by atoms with Gasteiger partial charge in [0.15, 0.2) is 11.6 Å². The van der Waals surface area contributed by atoms with Gasteiger partial charge >= 0.3 is 0 Å². The molecule has 86 valence electrons. The van der Waals surface area contributed by atoms with Crippen molar-refractivity contribution in [2.75, 3.05) is 13.7 Å². The van der Waals surface area contributed by atoms with Crippen molar-refractivity contribution in [3.63, 3.8) is 0 Å². The van der Waals surface area contributed by atoms with E-state index in [2.05, 4.69) is 11.4 Å². The molecule has 0 aromatic heterocycles. The number of hydrogen-bond acceptors (Lipinski definition) is 3. The van der Waals surface area contributed by atoms with Gasteiger partial charge in [0.25, 0.3) is 0 Å². The van der Waals surface area contributed by atoms with Gasteiger partial charge in [0.2, 0.25) is 0 Å². The van der Waals surface area contributed by atoms with Crippen LogP contribution in [0.1, 0.15) is 12.5 Å². The molecular formula is C12H15FN2O. The number of likely N-dealkylation sites (N-methyl/N-ethyl adjacent to an activating group) is 1. The molecule has 1 atom stereocenters. The molecule has 1 rings (SSSR count). The summed E-state index contributed by atoms with van der Waals surface area (Å²) in [6.07, 6.45) is 0. The molecule has 0 saturated carbocycles. The minimum absolute atomic E-state index is 0.0976. The van der Waals surface area contributed by atoms with E-state index in [9.17, 15) is 4.39 Å². The van der Waals surface area contributed by atoms with Crippen molar-refractivity contribution in [2.24, 2.45) is 0 Å². The number of halogens is 1. The van der Waals surface area contributed by atoms with Crippen molar-refractivity contribution in [1.82, 2.24) is 5.32 Å². The predicted octanol–water partition coefficient (Wildman–Crippen LogP) is 2.01. The first-order valence-corrected chi connectivity index (χ1v) is 5.00. The van der Waals surface area contributed by atoms with Crippen LogP contribution in [0.25, 0.3) is 0 Å². The van der Waals surface area contributed by atoms with Crippen LogP contribution in [0.5, 0.6) is 5.75 Å². The van der Waals surface area contributed by atoms with Crippen LogP contribution in [0.3, 0.4) is 0 Å². The number of rotatable bonds is 4. The lowest BCUT2D eigenvalue weighted by Gasteiger charge is -2.21. The minimum atomic E-state index is -0.809. The SMILES string of the molecule is CNC(C)(C#N)COc1cc(C)ccc1F. The maximum Gasteiger partial charge on any atom is 0.165 e. The van der Waals surface area contributed by atoms with E-state index < -0.39 is 11.4 Å². The summed E-state index contributed by atoms with van der Waals surface area (Å²) in [5, 5.41) is 11.7. The molecule has 0 spiro atoms. The number of nitrogens with one attached hydrogen (secondary N) is 1. The molecule has 0 heterocycles. The molecule has 0 amide bonds. The number of benzene rings is 1. The van der Waals surface area contributed by atoms with Crippen LogP contribution in [0.2, 0.25) is 0 Å². The highest BCUT2D eigenvalue weighted by atomic mass is 19.1. The smallest absolute Gasteiger partial charge is 0.165 e. The molecule has 4 heteroatoms. The normalized spacial score (nSPS) is 13.9. The highest BCUT2D eigenvalue weighted by molar-refractivity contribution is 5.29. The van der Waals surface area contributed by atoms with E-state index in [-0.39, 0.29) is 12.4 Å². The van der Waals surface area contributed by atoms with Crippen molar-refractivity contribution in [1.29, 1.82) is 5.26 Å². The Morgan fingerprint density at radius 2 is 2.25 bits per heavy atom. The van der Waals surface area contributed by atoms with Crippen LogP contribution in [0.4, 0.5) is 4.39 Å². The van der Waals surface area contributed by atoms with E-state index in [1.807, 2.05) is 6.92 Å². The number of aryl methyl sites for hydroxylation is 1. The summed E-state index contributed by atoms with van der Waals surface area (Å²) in [4.78, 5) is 0. The van der Waals surface area contributed by atoms with Gasteiger partial charge in [-0.1, -0.05) is 6.07 Å². The fourth-order valence-corrected chi connectivity index (χ4v) is 1.10. The van der Waals surface area contributed by atoms with Crippen molar-refractivity contribution >= 4 is 0 Å². The third kappa shape index (κ3) is 2.94. The summed E-state index contributed by atoms with van der Waals surface area (Å²) >= 11 is 0. The number of ether oxygens (including phenoxy) is 1. The van der Waals surface area contributed by atoms with E-state index in [4.69, 9.17) is 10.00 Å². The van der Waals surface area contributed by atoms with Gasteiger partial charge in [-0.15, -0.1) is 0 Å². The third-order valence-electron chi connectivity index (χ3n) is 2.40. The third-order valence-corrected chi connectivity index (χ3v) is 2.40. The van der Waals surface area contributed by atoms with E-state index in [1.165, 1.54) is 6.07 Å². The lowest BCUT2D eigenvalue weighted by atomic mass is 10.1. The van der Waals surface area contributed by atoms with Crippen molar-refractivity contribution in [3.8, 4) is 11.8 Å². The van der Waals surface area contributed by atoms with E-state index in [0.717, 1.165) is 5.56 Å². The van der Waals surface area contributed by atoms with Gasteiger partial charge in [-0.2, -0.15) is 5.26 Å². The standard InChI is InChI=1S/C12H15FN2O/c1-9-4-5-10(13)11(6-9)16-8-12(2,7-14)15-3/h4-6,15H,8H2,1-3H3. The van der Waals surface area contributed by atoms with Gasteiger partial charge < -0.3 is 4.74 Å². The fraction of sp³-hybridized carbons (Fsp3) is 0.417. The van der Waals surface area contributed by atoms with Gasteiger partial charge in [-0.05, 0) is 38.6 Å². The quantitative estimate of drug-likeness (QED) is 0.847. The van der Waals surface area contributed by atoms with Gasteiger partial charge in [0.1, 0.15) is 12.1 Å². The average molecular weight is 222 g/mol. The molecule has 0 bridgehead atoms. The Bertz CT molecular complexity index is 414. The molecule has 0 aliphatic carbocycles. The molecule has 16 heavy (non-hydrogen) atoms. The van der Waals surface area contributed by atoms with Gasteiger partial charge in [0, 0.05) is 0 Å². The van der Waals surface area contributed by atoms with Crippen molar-refractivity contribution in [3.05, 3.63) is 29.6 Å². The lowest BCUT2D eigenvalue weighted by molar-refractivity contribution is 0.233. The molecule has 0 aliphatic heterocycles. The topological polar surface area (TPSA) is 45.0 Å². The fourth-order valence-electron chi connectivity index (χ4n) is 1.10. The molecule has 0 radical (unpaired) electrons. The van der Waals surface area contributed by atoms with E-state index in [0.29, 0.717) is 0 Å². The molecule has 1 aromatic rings. The van der Waals surface area contributed by atoms with Crippen LogP contribution in [0.15, 0.2) is 18.2 Å². The second-order valence-electron chi connectivity index (χ2n) is 3.92. The van der Waals surface area contributed by atoms with Crippen LogP contribution in [-0.2, 0) is 0 Å². The Kier molecular flexibility index (Phi) is 3.86. The van der Waals surface area contributed by atoms with Gasteiger partial charge in [-0.3, -0.25) is 5.32 Å². The average Bonchev–Trinajstić information content (AvgIpc) is 2.30. The second kappa shape index (κ2) is 4.95. The summed E-state index contributed by atoms with van der Waals surface area (Å²) in [6.45, 7) is 3.65. The molecule has 0 saturated heterocycles. The Balaban J connectivity index is 2.75. The maximum absolute atomic E-state index is 13.3. The molecular weight excluding hydrogens is 207 g/mol. The highest BCUT2D eigenvalue weighted by Gasteiger charge is 2.22. The van der Waals surface area contributed by atoms with Crippen LogP contribution < -0.4 is 10.1 Å². The number of nitriles is 1. The minimum Gasteiger partial charge on any atom is -0.487 e. The molecule has 1 unspecified atom stereocenters. The molecule has 1 N–H and O–H groups in total. The Labute approximate surface area is 94.8 Å². The highest BCUT2D eigenvalue weighted by Crippen LogP contribution is 2.19. The second-order valence-corrected chi connectivity index (χ2v) is 3.92. The van der Waals surface area contributed by atoms with Crippen LogP contribution in [0, 0.1) is 24.1 Å². The number of hydrogen-bond donors (Lipinski definition) is 1. The Morgan fingerprint density at radius 3 is 2.81 bits per heavy atom. The summed E-state index contributed by atoms with van der Waals surface area (Å²) in [7, 11) is 1.67. The van der Waals surface area contributed by atoms with Crippen molar-refractivity contribution in [2.45, 2.75) is 19.4 Å². The zero-order chi connectivity index (χ0) is 12.2. The first-order chi connectivity index (χ1) is 7.50. The Hall–Kier alpha value is -1.60. The first-order valence-electron chi connectivity index (χ1n) is 5.00. The summed E-state index contributed by atoms with van der Waals surface area (Å²) in [5.41, 5.74) is 0.107. The summed E-state index contributed by atoms with van der Waals surface area (Å²) < 4.78 is 18.6. The van der Waals surface area contributed by atoms with Crippen LogP contribution in [-0.4, -0.2) is 19.2 Å². The molecule has 0 aliphatic rings. The van der Waals surface area contributed by atoms with E-state index >= 15 is 0 Å². The maximum atomic E-state index is 13.3. The molecule has 3 nitrogen and oxygen atoms in total. The lowest BCUT2D eigenvalue weighted by Crippen LogP contribution is -2.43. The van der Waals surface area contributed by atoms with Crippen LogP contribution >= 0.6 is 0 Å². The monoisotopic (exact) mass is 222 g/mol. The first kappa shape index (κ1) is 12.5. The summed E-state index contributed by atoms with van der Waals surface area (Å²) in [6, 6.07) is 6.71. The Morgan fingerprint density at radius 1 is 1.56 bits per heavy atom. The van der Waals surface area contributed by atoms with Crippen molar-refractivity contribution < 1.29 is 9.13 Å². The molecule has 1 aromatic carbocycles. The van der Waals surface area contributed by atoms with E-state index in [1.54, 1.807) is 26.1 Å². The zero-order valence-corrected chi connectivity index (χ0v) is 9.67. The van der Waals surface area contributed by atoms with Gasteiger partial charge in [-0.25, -0.2) is 4.39 Å². The summed E-state index contributed by atoms with van der Waals surface area (Å²) in [5.74, 6) is -0.237. The molecule has 0 fully saturated rings. The van der Waals surface area contributed by atoms with Gasteiger partial charge in [0.05, 0.1) is 6.07 Å².